The zero-order valence-electron chi connectivity index (χ0n) is 5.32. The molecule has 0 aliphatic carbocycles. The van der Waals surface area contributed by atoms with Gasteiger partial charge in [0.25, 0.3) is 6.33 Å². The van der Waals surface area contributed by atoms with E-state index in [1.165, 1.54) is 4.57 Å². The summed E-state index contributed by atoms with van der Waals surface area (Å²) in [4.78, 5) is 10.1. The van der Waals surface area contributed by atoms with E-state index in [1.807, 2.05) is 17.7 Å². The van der Waals surface area contributed by atoms with Crippen LogP contribution in [0.15, 0.2) is 18.7 Å². The second kappa shape index (κ2) is 2.44. The van der Waals surface area contributed by atoms with E-state index < -0.39 is 0 Å². The van der Waals surface area contributed by atoms with Crippen molar-refractivity contribution in [1.29, 1.82) is 0 Å². The van der Waals surface area contributed by atoms with E-state index in [-0.39, 0.29) is 0 Å². The number of aryl methyl sites for hydroxylation is 1. The van der Waals surface area contributed by atoms with Crippen LogP contribution in [0.3, 0.4) is 0 Å². The molecule has 3 heteroatoms. The average molecular weight is 125 g/mol. The van der Waals surface area contributed by atoms with Crippen molar-refractivity contribution in [2.24, 2.45) is 0 Å². The molecule has 1 aromatic heterocycles. The van der Waals surface area contributed by atoms with Gasteiger partial charge in [0.1, 0.15) is 12.4 Å². The molecule has 0 saturated carbocycles. The summed E-state index contributed by atoms with van der Waals surface area (Å²) in [7, 11) is 0. The van der Waals surface area contributed by atoms with Gasteiger partial charge < -0.3 is 0 Å². The van der Waals surface area contributed by atoms with Crippen molar-refractivity contribution in [2.75, 3.05) is 0 Å². The van der Waals surface area contributed by atoms with Gasteiger partial charge in [0.15, 0.2) is 0 Å². The van der Waals surface area contributed by atoms with Gasteiger partial charge in [-0.2, -0.15) is 4.57 Å². The second-order valence-electron chi connectivity index (χ2n) is 1.80. The summed E-state index contributed by atoms with van der Waals surface area (Å²) in [6.07, 6.45) is 6.09. The lowest BCUT2D eigenvalue weighted by Crippen LogP contribution is -2.28. The average Bonchev–Trinajstić information content (AvgIpc) is 2.34. The highest BCUT2D eigenvalue weighted by Crippen LogP contribution is 1.75. The van der Waals surface area contributed by atoms with Crippen LogP contribution in [0.4, 0.5) is 0 Å². The van der Waals surface area contributed by atoms with Crippen LogP contribution in [0.1, 0.15) is 6.92 Å². The van der Waals surface area contributed by atoms with Crippen LogP contribution in [0, 0.1) is 0 Å². The Kier molecular flexibility index (Phi) is 1.63. The van der Waals surface area contributed by atoms with Gasteiger partial charge in [-0.1, -0.05) is 0 Å². The van der Waals surface area contributed by atoms with E-state index in [4.69, 9.17) is 0 Å². The standard InChI is InChI=1S/C6H9N2O/c1-2-7-3-4-8(5-7)6-9/h3-6H,2H2,1H3/q+1. The number of hydrogen-bond donors (Lipinski definition) is 0. The maximum Gasteiger partial charge on any atom is 0.301 e. The highest BCUT2D eigenvalue weighted by atomic mass is 16.1. The van der Waals surface area contributed by atoms with E-state index in [2.05, 4.69) is 0 Å². The number of imidazole rings is 1. The zero-order chi connectivity index (χ0) is 6.69. The van der Waals surface area contributed by atoms with Gasteiger partial charge in [-0.05, 0) is 6.92 Å². The number of carbonyl (C=O) groups excluding carboxylic acids is 1. The maximum absolute atomic E-state index is 10.1. The molecule has 0 N–H and O–H groups in total. The fourth-order valence-electron chi connectivity index (χ4n) is 0.660. The van der Waals surface area contributed by atoms with Crippen LogP contribution in [0.2, 0.25) is 0 Å². The SMILES string of the molecule is CC[n+]1ccn(C=O)c1. The van der Waals surface area contributed by atoms with Gasteiger partial charge in [-0.3, -0.25) is 4.79 Å². The van der Waals surface area contributed by atoms with Crippen molar-refractivity contribution in [3.05, 3.63) is 18.7 Å². The highest BCUT2D eigenvalue weighted by Gasteiger charge is 1.96. The monoisotopic (exact) mass is 125 g/mol. The van der Waals surface area contributed by atoms with Crippen molar-refractivity contribution in [1.82, 2.24) is 4.57 Å². The van der Waals surface area contributed by atoms with Gasteiger partial charge in [0.05, 0.1) is 6.54 Å². The Balaban J connectivity index is 2.86. The van der Waals surface area contributed by atoms with E-state index in [0.29, 0.717) is 0 Å². The molecule has 48 valence electrons. The number of hydrogen-bond acceptors (Lipinski definition) is 1. The van der Waals surface area contributed by atoms with Gasteiger partial charge in [-0.25, -0.2) is 4.57 Å². The molecule has 3 nitrogen and oxygen atoms in total. The summed E-state index contributed by atoms with van der Waals surface area (Å²) in [5.41, 5.74) is 0. The Bertz CT molecular complexity index is 205. The minimum Gasteiger partial charge on any atom is -0.250 e. The normalized spacial score (nSPS) is 9.44. The fraction of sp³-hybridized carbons (Fsp3) is 0.333. The molecule has 0 atom stereocenters. The largest absolute Gasteiger partial charge is 0.301 e. The quantitative estimate of drug-likeness (QED) is 0.398. The van der Waals surface area contributed by atoms with Crippen LogP contribution in [-0.2, 0) is 11.3 Å². The number of aromatic nitrogens is 2. The predicted molar refractivity (Wildman–Crippen MR) is 32.4 cm³/mol. The second-order valence-corrected chi connectivity index (χ2v) is 1.80. The molecule has 0 aliphatic rings. The third-order valence-corrected chi connectivity index (χ3v) is 1.20. The van der Waals surface area contributed by atoms with Crippen LogP contribution < -0.4 is 4.57 Å². The van der Waals surface area contributed by atoms with Crippen LogP contribution in [0.5, 0.6) is 0 Å². The molecule has 1 heterocycles. The van der Waals surface area contributed by atoms with Crippen LogP contribution in [0.25, 0.3) is 0 Å². The molecule has 0 saturated heterocycles. The fourth-order valence-corrected chi connectivity index (χ4v) is 0.660. The van der Waals surface area contributed by atoms with E-state index >= 15 is 0 Å². The van der Waals surface area contributed by atoms with Gasteiger partial charge in [-0.15, -0.1) is 0 Å². The summed E-state index contributed by atoms with van der Waals surface area (Å²) in [5, 5.41) is 0. The third-order valence-electron chi connectivity index (χ3n) is 1.20. The summed E-state index contributed by atoms with van der Waals surface area (Å²) in [5.74, 6) is 0. The Morgan fingerprint density at radius 3 is 2.89 bits per heavy atom. The molecule has 0 fully saturated rings. The van der Waals surface area contributed by atoms with E-state index in [9.17, 15) is 4.79 Å². The van der Waals surface area contributed by atoms with Crippen molar-refractivity contribution in [2.45, 2.75) is 13.5 Å². The Hall–Kier alpha value is -1.12. The number of nitrogens with zero attached hydrogens (tertiary/aromatic N) is 2. The molecule has 0 spiro atoms. The molecule has 0 aromatic carbocycles. The lowest BCUT2D eigenvalue weighted by Gasteiger charge is -1.80. The van der Waals surface area contributed by atoms with Crippen molar-refractivity contribution >= 4 is 6.41 Å². The summed E-state index contributed by atoms with van der Waals surface area (Å²) >= 11 is 0. The third kappa shape index (κ3) is 1.16. The first-order valence-electron chi connectivity index (χ1n) is 2.88. The zero-order valence-corrected chi connectivity index (χ0v) is 5.32. The van der Waals surface area contributed by atoms with Crippen LogP contribution >= 0.6 is 0 Å². The summed E-state index contributed by atoms with van der Waals surface area (Å²) < 4.78 is 3.40. The Labute approximate surface area is 53.5 Å². The minimum absolute atomic E-state index is 0.770. The lowest BCUT2D eigenvalue weighted by molar-refractivity contribution is -0.692. The molecule has 0 amide bonds. The highest BCUT2D eigenvalue weighted by molar-refractivity contribution is 5.50. The molecular formula is C6H9N2O+. The molecular weight excluding hydrogens is 116 g/mol. The van der Waals surface area contributed by atoms with E-state index in [0.717, 1.165) is 13.0 Å². The molecule has 0 aliphatic heterocycles. The van der Waals surface area contributed by atoms with Crippen molar-refractivity contribution in [3.8, 4) is 0 Å². The summed E-state index contributed by atoms with van der Waals surface area (Å²) in [6.45, 7) is 2.93. The first-order chi connectivity index (χ1) is 4.36. The minimum atomic E-state index is 0.770. The Morgan fingerprint density at radius 2 is 2.56 bits per heavy atom. The molecule has 1 rings (SSSR count). The topological polar surface area (TPSA) is 25.9 Å². The Morgan fingerprint density at radius 1 is 1.78 bits per heavy atom. The smallest absolute Gasteiger partial charge is 0.250 e. The first-order valence-corrected chi connectivity index (χ1v) is 2.88. The first kappa shape index (κ1) is 6.01. The molecule has 0 radical (unpaired) electrons. The van der Waals surface area contributed by atoms with Crippen LogP contribution in [-0.4, -0.2) is 11.0 Å². The van der Waals surface area contributed by atoms with Gasteiger partial charge >= 0.3 is 6.41 Å². The molecule has 0 unspecified atom stereocenters. The van der Waals surface area contributed by atoms with Gasteiger partial charge in [0.2, 0.25) is 0 Å². The van der Waals surface area contributed by atoms with Crippen molar-refractivity contribution < 1.29 is 9.36 Å². The number of rotatable bonds is 2. The van der Waals surface area contributed by atoms with E-state index in [1.54, 1.807) is 12.5 Å². The number of carbonyl (C=O) groups is 1. The maximum atomic E-state index is 10.1. The molecule has 1 aromatic rings. The van der Waals surface area contributed by atoms with Gasteiger partial charge in [0, 0.05) is 0 Å². The lowest BCUT2D eigenvalue weighted by atomic mass is 10.7. The molecule has 9 heavy (non-hydrogen) atoms. The molecule has 0 bridgehead atoms. The van der Waals surface area contributed by atoms with Crippen molar-refractivity contribution in [3.63, 3.8) is 0 Å². The summed E-state index contributed by atoms with van der Waals surface area (Å²) in [6, 6.07) is 0. The predicted octanol–water partition coefficient (Wildman–Crippen LogP) is -0.166.